The van der Waals surface area contributed by atoms with Crippen molar-refractivity contribution in [2.45, 2.75) is 18.9 Å². The predicted octanol–water partition coefficient (Wildman–Crippen LogP) is 3.88. The molecule has 0 spiro atoms. The third-order valence-corrected chi connectivity index (χ3v) is 4.74. The van der Waals surface area contributed by atoms with Crippen LogP contribution in [0.1, 0.15) is 17.7 Å². The van der Waals surface area contributed by atoms with Crippen LogP contribution in [0, 0.1) is 0 Å². The maximum Gasteiger partial charge on any atom is 0.246 e. The topological polar surface area (TPSA) is 42.4 Å². The van der Waals surface area contributed by atoms with E-state index in [1.165, 1.54) is 0 Å². The number of nitrogens with zero attached hydrogens (tertiary/aromatic N) is 2. The molecule has 3 heterocycles. The molecule has 1 amide bonds. The summed E-state index contributed by atoms with van der Waals surface area (Å²) in [6, 6.07) is 7.50. The molecule has 4 nitrogen and oxygen atoms in total. The van der Waals surface area contributed by atoms with E-state index in [1.54, 1.807) is 35.7 Å². The number of likely N-dealkylation sites (tertiary alicyclic amines) is 1. The highest BCUT2D eigenvalue weighted by Crippen LogP contribution is 2.19. The van der Waals surface area contributed by atoms with Crippen molar-refractivity contribution in [2.24, 2.45) is 0 Å². The van der Waals surface area contributed by atoms with Crippen molar-refractivity contribution in [3.63, 3.8) is 0 Å². The molecule has 2 aromatic heterocycles. The Kier molecular flexibility index (Phi) is 5.31. The molecule has 2 aromatic rings. The van der Waals surface area contributed by atoms with Crippen molar-refractivity contribution in [2.75, 3.05) is 13.1 Å². The zero-order valence-electron chi connectivity index (χ0n) is 12.5. The molecule has 0 unspecified atom stereocenters. The van der Waals surface area contributed by atoms with Gasteiger partial charge in [0.25, 0.3) is 0 Å². The van der Waals surface area contributed by atoms with Crippen LogP contribution in [-0.2, 0) is 4.79 Å². The van der Waals surface area contributed by atoms with Gasteiger partial charge in [-0.15, -0.1) is 11.3 Å². The number of carbonyl (C=O) groups excluding carboxylic acids is 1. The number of halogens is 1. The second-order valence-electron chi connectivity index (χ2n) is 5.31. The number of pyridine rings is 1. The lowest BCUT2D eigenvalue weighted by molar-refractivity contribution is -0.127. The summed E-state index contributed by atoms with van der Waals surface area (Å²) in [7, 11) is 0. The Morgan fingerprint density at radius 3 is 2.83 bits per heavy atom. The summed E-state index contributed by atoms with van der Waals surface area (Å²) in [6.07, 6.45) is 6.80. The van der Waals surface area contributed by atoms with E-state index < -0.39 is 0 Å². The van der Waals surface area contributed by atoms with Gasteiger partial charge in [-0.05, 0) is 23.6 Å². The largest absolute Gasteiger partial charge is 0.474 e. The molecular weight excluding hydrogens is 332 g/mol. The average molecular weight is 349 g/mol. The van der Waals surface area contributed by atoms with Crippen molar-refractivity contribution in [3.05, 3.63) is 51.8 Å². The minimum absolute atomic E-state index is 0.0569. The normalized spacial score (nSPS) is 16.0. The van der Waals surface area contributed by atoms with Crippen LogP contribution in [0.4, 0.5) is 0 Å². The summed E-state index contributed by atoms with van der Waals surface area (Å²) in [4.78, 5) is 19.3. The Morgan fingerprint density at radius 1 is 1.35 bits per heavy atom. The van der Waals surface area contributed by atoms with E-state index in [1.807, 2.05) is 28.5 Å². The first-order valence-corrected chi connectivity index (χ1v) is 8.75. The summed E-state index contributed by atoms with van der Waals surface area (Å²) in [5, 5.41) is 2.59. The van der Waals surface area contributed by atoms with Gasteiger partial charge in [-0.1, -0.05) is 17.7 Å². The molecule has 0 aromatic carbocycles. The maximum atomic E-state index is 12.2. The van der Waals surface area contributed by atoms with Gasteiger partial charge in [-0.25, -0.2) is 4.98 Å². The number of hydrogen-bond donors (Lipinski definition) is 0. The standard InChI is InChI=1S/C17H17ClN2O2S/c18-13-3-5-16(19-12-13)22-14-7-9-20(10-8-14)17(21)6-4-15-2-1-11-23-15/h1-6,11-12,14H,7-10H2/b6-4+. The third kappa shape index (κ3) is 4.56. The van der Waals surface area contributed by atoms with Crippen LogP contribution < -0.4 is 4.74 Å². The van der Waals surface area contributed by atoms with Gasteiger partial charge in [-0.3, -0.25) is 4.79 Å². The molecule has 0 atom stereocenters. The van der Waals surface area contributed by atoms with Crippen molar-refractivity contribution in [3.8, 4) is 5.88 Å². The van der Waals surface area contributed by atoms with E-state index in [9.17, 15) is 4.79 Å². The van der Waals surface area contributed by atoms with Crippen molar-refractivity contribution in [1.29, 1.82) is 0 Å². The molecular formula is C17H17ClN2O2S. The molecule has 0 bridgehead atoms. The molecule has 1 fully saturated rings. The molecule has 1 aliphatic rings. The van der Waals surface area contributed by atoms with Gasteiger partial charge in [0, 0.05) is 49.1 Å². The number of ether oxygens (including phenoxy) is 1. The molecule has 6 heteroatoms. The highest BCUT2D eigenvalue weighted by Gasteiger charge is 2.23. The number of aromatic nitrogens is 1. The summed E-state index contributed by atoms with van der Waals surface area (Å²) < 4.78 is 5.83. The smallest absolute Gasteiger partial charge is 0.246 e. The molecule has 0 aliphatic carbocycles. The van der Waals surface area contributed by atoms with Gasteiger partial charge in [0.2, 0.25) is 11.8 Å². The van der Waals surface area contributed by atoms with Gasteiger partial charge in [-0.2, -0.15) is 0 Å². The quantitative estimate of drug-likeness (QED) is 0.787. The van der Waals surface area contributed by atoms with Crippen LogP contribution in [0.15, 0.2) is 41.9 Å². The Hall–Kier alpha value is -1.85. The third-order valence-electron chi connectivity index (χ3n) is 3.67. The number of piperidine rings is 1. The number of amides is 1. The van der Waals surface area contributed by atoms with Gasteiger partial charge in [0.1, 0.15) is 6.10 Å². The van der Waals surface area contributed by atoms with E-state index in [0.717, 1.165) is 17.7 Å². The zero-order chi connectivity index (χ0) is 16.1. The zero-order valence-corrected chi connectivity index (χ0v) is 14.1. The summed E-state index contributed by atoms with van der Waals surface area (Å²) >= 11 is 7.43. The first-order chi connectivity index (χ1) is 11.2. The summed E-state index contributed by atoms with van der Waals surface area (Å²) in [5.41, 5.74) is 0. The fourth-order valence-electron chi connectivity index (χ4n) is 2.44. The number of rotatable bonds is 4. The van der Waals surface area contributed by atoms with Crippen LogP contribution >= 0.6 is 22.9 Å². The Morgan fingerprint density at radius 2 is 2.17 bits per heavy atom. The van der Waals surface area contributed by atoms with E-state index in [-0.39, 0.29) is 12.0 Å². The molecule has 0 saturated carbocycles. The first kappa shape index (κ1) is 16.0. The van der Waals surface area contributed by atoms with E-state index in [0.29, 0.717) is 24.0 Å². The predicted molar refractivity (Wildman–Crippen MR) is 92.8 cm³/mol. The van der Waals surface area contributed by atoms with E-state index in [2.05, 4.69) is 4.98 Å². The van der Waals surface area contributed by atoms with Crippen LogP contribution in [0.25, 0.3) is 6.08 Å². The molecule has 3 rings (SSSR count). The van der Waals surface area contributed by atoms with Crippen molar-refractivity contribution in [1.82, 2.24) is 9.88 Å². The van der Waals surface area contributed by atoms with Crippen LogP contribution in [0.5, 0.6) is 5.88 Å². The highest BCUT2D eigenvalue weighted by atomic mass is 35.5. The van der Waals surface area contributed by atoms with Crippen molar-refractivity contribution < 1.29 is 9.53 Å². The number of thiophene rings is 1. The Balaban J connectivity index is 1.48. The number of carbonyl (C=O) groups is 1. The monoisotopic (exact) mass is 348 g/mol. The van der Waals surface area contributed by atoms with Gasteiger partial charge in [0.15, 0.2) is 0 Å². The van der Waals surface area contributed by atoms with E-state index >= 15 is 0 Å². The van der Waals surface area contributed by atoms with Crippen LogP contribution in [0.3, 0.4) is 0 Å². The van der Waals surface area contributed by atoms with Crippen LogP contribution in [0.2, 0.25) is 5.02 Å². The molecule has 1 aliphatic heterocycles. The second-order valence-corrected chi connectivity index (χ2v) is 6.72. The van der Waals surface area contributed by atoms with Gasteiger partial charge in [0.05, 0.1) is 5.02 Å². The minimum atomic E-state index is 0.0569. The van der Waals surface area contributed by atoms with Gasteiger partial charge < -0.3 is 9.64 Å². The molecule has 23 heavy (non-hydrogen) atoms. The Labute approximate surface area is 144 Å². The molecule has 0 radical (unpaired) electrons. The summed E-state index contributed by atoms with van der Waals surface area (Å²) in [5.74, 6) is 0.637. The fourth-order valence-corrected chi connectivity index (χ4v) is 3.17. The maximum absolute atomic E-state index is 12.2. The number of hydrogen-bond acceptors (Lipinski definition) is 4. The average Bonchev–Trinajstić information content (AvgIpc) is 3.09. The summed E-state index contributed by atoms with van der Waals surface area (Å²) in [6.45, 7) is 1.40. The first-order valence-electron chi connectivity index (χ1n) is 7.49. The minimum Gasteiger partial charge on any atom is -0.474 e. The van der Waals surface area contributed by atoms with E-state index in [4.69, 9.17) is 16.3 Å². The van der Waals surface area contributed by atoms with Crippen LogP contribution in [-0.4, -0.2) is 35.0 Å². The molecule has 0 N–H and O–H groups in total. The van der Waals surface area contributed by atoms with Crippen molar-refractivity contribution >= 4 is 34.9 Å². The lowest BCUT2D eigenvalue weighted by Gasteiger charge is -2.31. The lowest BCUT2D eigenvalue weighted by Crippen LogP contribution is -2.41. The Bertz CT molecular complexity index is 662. The van der Waals surface area contributed by atoms with Gasteiger partial charge >= 0.3 is 0 Å². The lowest BCUT2D eigenvalue weighted by atomic mass is 10.1. The molecule has 1 saturated heterocycles. The SMILES string of the molecule is O=C(/C=C/c1cccs1)N1CCC(Oc2ccc(Cl)cn2)CC1. The highest BCUT2D eigenvalue weighted by molar-refractivity contribution is 7.10. The molecule has 120 valence electrons. The fraction of sp³-hybridized carbons (Fsp3) is 0.294. The second kappa shape index (κ2) is 7.62.